The number of aromatic nitrogens is 2. The minimum Gasteiger partial charge on any atom is -0.319 e. The van der Waals surface area contributed by atoms with E-state index in [1.54, 1.807) is 0 Å². The molecule has 0 spiro atoms. The lowest BCUT2D eigenvalue weighted by molar-refractivity contribution is -0.116. The number of hydrogen-bond donors (Lipinski definition) is 0. The Hall–Kier alpha value is -2.05. The van der Waals surface area contributed by atoms with Crippen molar-refractivity contribution in [2.24, 2.45) is 0 Å². The van der Waals surface area contributed by atoms with E-state index in [0.29, 0.717) is 5.75 Å². The molecule has 2 heterocycles. The van der Waals surface area contributed by atoms with Gasteiger partial charge in [0.2, 0.25) is 5.91 Å². The molecule has 0 unspecified atom stereocenters. The number of para-hydroxylation sites is 1. The number of anilines is 1. The molecule has 4 nitrogen and oxygen atoms in total. The molecule has 2 aromatic carbocycles. The Kier molecular flexibility index (Phi) is 5.36. The third-order valence-electron chi connectivity index (χ3n) is 4.79. The molecule has 4 rings (SSSR count). The summed E-state index contributed by atoms with van der Waals surface area (Å²) in [7, 11) is 0. The lowest BCUT2D eigenvalue weighted by Gasteiger charge is -2.17. The molecule has 0 N–H and O–H groups in total. The van der Waals surface area contributed by atoms with Crippen LogP contribution in [0.1, 0.15) is 12.5 Å². The average Bonchev–Trinajstić information content (AvgIpc) is 3.30. The Morgan fingerprint density at radius 3 is 2.74 bits per heavy atom. The van der Waals surface area contributed by atoms with Gasteiger partial charge in [-0.25, -0.2) is 4.98 Å². The molecule has 1 aliphatic rings. The molecule has 0 aliphatic carbocycles. The van der Waals surface area contributed by atoms with Gasteiger partial charge in [-0.2, -0.15) is 0 Å². The predicted molar refractivity (Wildman–Crippen MR) is 114 cm³/mol. The molecule has 0 radical (unpaired) electrons. The molecule has 0 saturated heterocycles. The molecule has 3 aromatic rings. The van der Waals surface area contributed by atoms with Gasteiger partial charge in [0.25, 0.3) is 0 Å². The molecule has 1 aliphatic heterocycles. The van der Waals surface area contributed by atoms with Gasteiger partial charge >= 0.3 is 0 Å². The molecule has 27 heavy (non-hydrogen) atoms. The van der Waals surface area contributed by atoms with Crippen LogP contribution in [0.15, 0.2) is 64.4 Å². The number of amides is 1. The second-order valence-electron chi connectivity index (χ2n) is 6.39. The highest BCUT2D eigenvalue weighted by molar-refractivity contribution is 9.10. The Morgan fingerprint density at radius 2 is 1.96 bits per heavy atom. The van der Waals surface area contributed by atoms with E-state index in [0.717, 1.165) is 46.1 Å². The van der Waals surface area contributed by atoms with Crippen LogP contribution >= 0.6 is 27.7 Å². The summed E-state index contributed by atoms with van der Waals surface area (Å²) in [5.74, 6) is 0.534. The van der Waals surface area contributed by atoms with E-state index in [-0.39, 0.29) is 5.91 Å². The molecule has 0 bridgehead atoms. The van der Waals surface area contributed by atoms with E-state index in [9.17, 15) is 4.79 Å². The maximum Gasteiger partial charge on any atom is 0.237 e. The van der Waals surface area contributed by atoms with Gasteiger partial charge in [-0.3, -0.25) is 4.79 Å². The van der Waals surface area contributed by atoms with Crippen LogP contribution in [0.2, 0.25) is 0 Å². The predicted octanol–water partition coefficient (Wildman–Crippen LogP) is 5.01. The lowest BCUT2D eigenvalue weighted by atomic mass is 10.2. The molecule has 138 valence electrons. The minimum absolute atomic E-state index is 0.140. The topological polar surface area (TPSA) is 38.1 Å². The van der Waals surface area contributed by atoms with E-state index in [2.05, 4.69) is 50.6 Å². The van der Waals surface area contributed by atoms with Crippen molar-refractivity contribution in [3.8, 4) is 11.3 Å². The van der Waals surface area contributed by atoms with Gasteiger partial charge in [0, 0.05) is 23.2 Å². The van der Waals surface area contributed by atoms with Crippen LogP contribution < -0.4 is 4.90 Å². The number of carbonyl (C=O) groups is 1. The van der Waals surface area contributed by atoms with Crippen molar-refractivity contribution in [1.82, 2.24) is 9.55 Å². The largest absolute Gasteiger partial charge is 0.319 e. The Labute approximate surface area is 171 Å². The summed E-state index contributed by atoms with van der Waals surface area (Å²) in [5, 5.41) is 0.885. The minimum atomic E-state index is 0.140. The molecule has 1 amide bonds. The second-order valence-corrected chi connectivity index (χ2v) is 8.25. The highest BCUT2D eigenvalue weighted by atomic mass is 79.9. The van der Waals surface area contributed by atoms with Gasteiger partial charge in [0.15, 0.2) is 5.16 Å². The van der Waals surface area contributed by atoms with Gasteiger partial charge < -0.3 is 9.47 Å². The first-order valence-corrected chi connectivity index (χ1v) is 10.8. The van der Waals surface area contributed by atoms with Crippen LogP contribution in [-0.4, -0.2) is 27.8 Å². The summed E-state index contributed by atoms with van der Waals surface area (Å²) in [6.07, 6.45) is 2.83. The standard InChI is InChI=1S/C21H20BrN3OS/c1-2-24-19(16-7-9-17(22)10-8-16)13-23-21(24)27-14-20(26)25-12-11-15-5-3-4-6-18(15)25/h3-10,13H,2,11-12,14H2,1H3. The molecule has 0 fully saturated rings. The van der Waals surface area contributed by atoms with Crippen LogP contribution in [0.3, 0.4) is 0 Å². The van der Waals surface area contributed by atoms with E-state index < -0.39 is 0 Å². The van der Waals surface area contributed by atoms with Crippen molar-refractivity contribution in [3.05, 3.63) is 64.8 Å². The normalized spacial score (nSPS) is 13.0. The number of benzene rings is 2. The first kappa shape index (κ1) is 18.3. The summed E-state index contributed by atoms with van der Waals surface area (Å²) in [6.45, 7) is 3.69. The van der Waals surface area contributed by atoms with Crippen molar-refractivity contribution < 1.29 is 4.79 Å². The van der Waals surface area contributed by atoms with E-state index >= 15 is 0 Å². The number of carbonyl (C=O) groups excluding carboxylic acids is 1. The van der Waals surface area contributed by atoms with Crippen LogP contribution in [-0.2, 0) is 17.8 Å². The fourth-order valence-corrected chi connectivity index (χ4v) is 4.62. The Balaban J connectivity index is 1.49. The van der Waals surface area contributed by atoms with Gasteiger partial charge in [0.1, 0.15) is 0 Å². The van der Waals surface area contributed by atoms with Crippen LogP contribution in [0.25, 0.3) is 11.3 Å². The van der Waals surface area contributed by atoms with Crippen molar-refractivity contribution in [2.45, 2.75) is 25.0 Å². The zero-order chi connectivity index (χ0) is 18.8. The number of thioether (sulfide) groups is 1. The molecule has 0 saturated carbocycles. The van der Waals surface area contributed by atoms with Crippen LogP contribution in [0.5, 0.6) is 0 Å². The quantitative estimate of drug-likeness (QED) is 0.522. The smallest absolute Gasteiger partial charge is 0.237 e. The molecular formula is C21H20BrN3OS. The van der Waals surface area contributed by atoms with Gasteiger partial charge in [-0.1, -0.05) is 58.0 Å². The van der Waals surface area contributed by atoms with E-state index in [1.807, 2.05) is 41.4 Å². The van der Waals surface area contributed by atoms with Crippen LogP contribution in [0.4, 0.5) is 5.69 Å². The van der Waals surface area contributed by atoms with Gasteiger partial charge in [0.05, 0.1) is 17.6 Å². The van der Waals surface area contributed by atoms with Crippen LogP contribution in [0, 0.1) is 0 Å². The summed E-state index contributed by atoms with van der Waals surface area (Å²) in [4.78, 5) is 19.2. The first-order chi connectivity index (χ1) is 13.2. The average molecular weight is 442 g/mol. The molecule has 0 atom stereocenters. The number of fused-ring (bicyclic) bond motifs is 1. The maximum absolute atomic E-state index is 12.8. The van der Waals surface area contributed by atoms with Crippen molar-refractivity contribution in [3.63, 3.8) is 0 Å². The zero-order valence-corrected chi connectivity index (χ0v) is 17.5. The molecular weight excluding hydrogens is 422 g/mol. The van der Waals surface area contributed by atoms with Crippen molar-refractivity contribution >= 4 is 39.3 Å². The number of rotatable bonds is 5. The fourth-order valence-electron chi connectivity index (χ4n) is 3.43. The van der Waals surface area contributed by atoms with Crippen molar-refractivity contribution in [2.75, 3.05) is 17.2 Å². The molecule has 1 aromatic heterocycles. The van der Waals surface area contributed by atoms with Gasteiger partial charge in [-0.15, -0.1) is 0 Å². The number of nitrogens with zero attached hydrogens (tertiary/aromatic N) is 3. The summed E-state index contributed by atoms with van der Waals surface area (Å²) in [5.41, 5.74) is 4.51. The third-order valence-corrected chi connectivity index (χ3v) is 6.29. The Morgan fingerprint density at radius 1 is 1.19 bits per heavy atom. The SMILES string of the molecule is CCn1c(-c2ccc(Br)cc2)cnc1SCC(=O)N1CCc2ccccc21. The van der Waals surface area contributed by atoms with Crippen molar-refractivity contribution in [1.29, 1.82) is 0 Å². The third kappa shape index (κ3) is 3.69. The zero-order valence-electron chi connectivity index (χ0n) is 15.1. The maximum atomic E-state index is 12.8. The number of hydrogen-bond acceptors (Lipinski definition) is 3. The highest BCUT2D eigenvalue weighted by Gasteiger charge is 2.24. The van der Waals surface area contributed by atoms with Gasteiger partial charge in [-0.05, 0) is 42.7 Å². The molecule has 6 heteroatoms. The number of imidazole rings is 1. The first-order valence-electron chi connectivity index (χ1n) is 9.00. The monoisotopic (exact) mass is 441 g/mol. The summed E-state index contributed by atoms with van der Waals surface area (Å²) < 4.78 is 3.22. The fraction of sp³-hybridized carbons (Fsp3) is 0.238. The number of halogens is 1. The van der Waals surface area contributed by atoms with E-state index in [4.69, 9.17) is 0 Å². The lowest BCUT2D eigenvalue weighted by Crippen LogP contribution is -2.30. The summed E-state index contributed by atoms with van der Waals surface area (Å²) in [6, 6.07) is 16.4. The Bertz CT molecular complexity index is 968. The summed E-state index contributed by atoms with van der Waals surface area (Å²) >= 11 is 4.99. The van der Waals surface area contributed by atoms with E-state index in [1.165, 1.54) is 17.3 Å². The highest BCUT2D eigenvalue weighted by Crippen LogP contribution is 2.30. The second kappa shape index (κ2) is 7.90.